The molecular weight excluding hydrogens is 272 g/mol. The third-order valence-electron chi connectivity index (χ3n) is 3.89. The van der Waals surface area contributed by atoms with Crippen molar-refractivity contribution in [1.29, 1.82) is 0 Å². The first kappa shape index (κ1) is 13.5. The molecule has 1 aliphatic heterocycles. The van der Waals surface area contributed by atoms with E-state index in [9.17, 15) is 0 Å². The summed E-state index contributed by atoms with van der Waals surface area (Å²) in [5, 5.41) is 7.22. The maximum atomic E-state index is 5.46. The number of rotatable bonds is 3. The normalized spacial score (nSPS) is 18.1. The molecule has 0 bridgehead atoms. The summed E-state index contributed by atoms with van der Waals surface area (Å²) in [6.45, 7) is 4.77. The van der Waals surface area contributed by atoms with Crippen LogP contribution in [0.3, 0.4) is 0 Å². The summed E-state index contributed by atoms with van der Waals surface area (Å²) in [6.07, 6.45) is 3.86. The van der Waals surface area contributed by atoms with Crippen molar-refractivity contribution in [3.05, 3.63) is 29.2 Å². The number of nitrogens with one attached hydrogen (secondary N) is 1. The standard InChI is InChI=1S/C14H18N4OS/c1-14(5-8-19-9-6-14)10-18-12(16-17-13(18)20)11-4-2-3-7-15-11/h2-4,7H,5-6,8-10H2,1H3,(H,17,20). The van der Waals surface area contributed by atoms with Crippen molar-refractivity contribution in [2.24, 2.45) is 5.41 Å². The molecule has 1 aliphatic rings. The van der Waals surface area contributed by atoms with Crippen LogP contribution in [-0.2, 0) is 11.3 Å². The van der Waals surface area contributed by atoms with Crippen molar-refractivity contribution in [3.63, 3.8) is 0 Å². The summed E-state index contributed by atoms with van der Waals surface area (Å²) in [4.78, 5) is 4.36. The molecule has 1 fully saturated rings. The first-order valence-corrected chi connectivity index (χ1v) is 7.23. The van der Waals surface area contributed by atoms with Gasteiger partial charge in [0.1, 0.15) is 5.69 Å². The maximum absolute atomic E-state index is 5.46. The van der Waals surface area contributed by atoms with E-state index in [2.05, 4.69) is 26.7 Å². The quantitative estimate of drug-likeness (QED) is 0.883. The van der Waals surface area contributed by atoms with E-state index in [0.29, 0.717) is 4.77 Å². The smallest absolute Gasteiger partial charge is 0.195 e. The molecule has 20 heavy (non-hydrogen) atoms. The molecule has 0 amide bonds. The summed E-state index contributed by atoms with van der Waals surface area (Å²) >= 11 is 5.38. The Kier molecular flexibility index (Phi) is 3.67. The second kappa shape index (κ2) is 5.46. The molecule has 1 N–H and O–H groups in total. The van der Waals surface area contributed by atoms with Crippen LogP contribution in [0.25, 0.3) is 11.5 Å². The maximum Gasteiger partial charge on any atom is 0.195 e. The summed E-state index contributed by atoms with van der Waals surface area (Å²) in [7, 11) is 0. The van der Waals surface area contributed by atoms with Gasteiger partial charge in [-0.2, -0.15) is 5.10 Å². The van der Waals surface area contributed by atoms with Crippen molar-refractivity contribution in [2.45, 2.75) is 26.3 Å². The minimum Gasteiger partial charge on any atom is -0.381 e. The molecule has 2 aromatic rings. The van der Waals surface area contributed by atoms with Gasteiger partial charge in [0.25, 0.3) is 0 Å². The average Bonchev–Trinajstić information content (AvgIpc) is 2.81. The van der Waals surface area contributed by atoms with E-state index in [1.807, 2.05) is 18.2 Å². The number of hydrogen-bond donors (Lipinski definition) is 1. The zero-order valence-corrected chi connectivity index (χ0v) is 12.3. The lowest BCUT2D eigenvalue weighted by atomic mass is 9.82. The van der Waals surface area contributed by atoms with E-state index in [4.69, 9.17) is 17.0 Å². The van der Waals surface area contributed by atoms with E-state index in [0.717, 1.165) is 44.1 Å². The Hall–Kier alpha value is -1.53. The van der Waals surface area contributed by atoms with Crippen molar-refractivity contribution >= 4 is 12.2 Å². The van der Waals surface area contributed by atoms with Gasteiger partial charge in [-0.3, -0.25) is 14.6 Å². The van der Waals surface area contributed by atoms with E-state index in [-0.39, 0.29) is 5.41 Å². The molecule has 0 unspecified atom stereocenters. The largest absolute Gasteiger partial charge is 0.381 e. The van der Waals surface area contributed by atoms with Crippen LogP contribution in [-0.4, -0.2) is 33.0 Å². The molecule has 0 aliphatic carbocycles. The molecular formula is C14H18N4OS. The topological polar surface area (TPSA) is 55.7 Å². The highest BCUT2D eigenvalue weighted by Crippen LogP contribution is 2.32. The Morgan fingerprint density at radius 2 is 2.20 bits per heavy atom. The van der Waals surface area contributed by atoms with Gasteiger partial charge in [0, 0.05) is 26.0 Å². The predicted octanol–water partition coefficient (Wildman–Crippen LogP) is 2.82. The van der Waals surface area contributed by atoms with Crippen molar-refractivity contribution in [2.75, 3.05) is 13.2 Å². The Morgan fingerprint density at radius 3 is 2.90 bits per heavy atom. The Morgan fingerprint density at radius 1 is 1.40 bits per heavy atom. The SMILES string of the molecule is CC1(Cn2c(-c3ccccn3)n[nH]c2=S)CCOCC1. The van der Waals surface area contributed by atoms with Gasteiger partial charge in [-0.15, -0.1) is 0 Å². The van der Waals surface area contributed by atoms with Crippen LogP contribution >= 0.6 is 12.2 Å². The Labute approximate surface area is 123 Å². The Balaban J connectivity index is 1.94. The number of H-pyrrole nitrogens is 1. The monoisotopic (exact) mass is 290 g/mol. The fraction of sp³-hybridized carbons (Fsp3) is 0.500. The number of hydrogen-bond acceptors (Lipinski definition) is 4. The summed E-state index contributed by atoms with van der Waals surface area (Å²) in [5.41, 5.74) is 1.04. The minimum atomic E-state index is 0.198. The van der Waals surface area contributed by atoms with Gasteiger partial charge in [-0.1, -0.05) is 13.0 Å². The molecule has 5 nitrogen and oxygen atoms in total. The second-order valence-corrected chi connectivity index (χ2v) is 5.96. The van der Waals surface area contributed by atoms with Gasteiger partial charge in [0.2, 0.25) is 0 Å². The van der Waals surface area contributed by atoms with Gasteiger partial charge in [0.05, 0.1) is 0 Å². The highest BCUT2D eigenvalue weighted by Gasteiger charge is 2.29. The second-order valence-electron chi connectivity index (χ2n) is 5.58. The molecule has 0 saturated carbocycles. The molecule has 0 spiro atoms. The van der Waals surface area contributed by atoms with Crippen LogP contribution in [0.2, 0.25) is 0 Å². The zero-order chi connectivity index (χ0) is 14.0. The summed E-state index contributed by atoms with van der Waals surface area (Å²) < 4.78 is 8.17. The van der Waals surface area contributed by atoms with E-state index in [1.165, 1.54) is 0 Å². The van der Waals surface area contributed by atoms with Gasteiger partial charge < -0.3 is 4.74 Å². The lowest BCUT2D eigenvalue weighted by Crippen LogP contribution is -2.31. The molecule has 3 rings (SSSR count). The Bertz CT molecular complexity index is 628. The third kappa shape index (κ3) is 2.66. The number of aromatic amines is 1. The van der Waals surface area contributed by atoms with Gasteiger partial charge in [-0.25, -0.2) is 0 Å². The van der Waals surface area contributed by atoms with E-state index in [1.54, 1.807) is 6.20 Å². The van der Waals surface area contributed by atoms with Gasteiger partial charge >= 0.3 is 0 Å². The molecule has 106 valence electrons. The first-order chi connectivity index (χ1) is 9.68. The third-order valence-corrected chi connectivity index (χ3v) is 4.20. The fourth-order valence-electron chi connectivity index (χ4n) is 2.56. The molecule has 6 heteroatoms. The molecule has 0 radical (unpaired) electrons. The van der Waals surface area contributed by atoms with Crippen LogP contribution in [0.5, 0.6) is 0 Å². The summed E-state index contributed by atoms with van der Waals surface area (Å²) in [5.74, 6) is 0.809. The van der Waals surface area contributed by atoms with E-state index < -0.39 is 0 Å². The molecule has 2 aromatic heterocycles. The van der Waals surface area contributed by atoms with Crippen LogP contribution in [0.1, 0.15) is 19.8 Å². The summed E-state index contributed by atoms with van der Waals surface area (Å²) in [6, 6.07) is 5.81. The highest BCUT2D eigenvalue weighted by molar-refractivity contribution is 7.71. The van der Waals surface area contributed by atoms with Gasteiger partial charge in [0.15, 0.2) is 10.6 Å². The number of aromatic nitrogens is 4. The van der Waals surface area contributed by atoms with Crippen molar-refractivity contribution in [3.8, 4) is 11.5 Å². The molecule has 0 aromatic carbocycles. The average molecular weight is 290 g/mol. The lowest BCUT2D eigenvalue weighted by molar-refractivity contribution is 0.0155. The number of nitrogens with zero attached hydrogens (tertiary/aromatic N) is 3. The van der Waals surface area contributed by atoms with Crippen LogP contribution in [0.15, 0.2) is 24.4 Å². The molecule has 3 heterocycles. The predicted molar refractivity (Wildman–Crippen MR) is 78.8 cm³/mol. The van der Waals surface area contributed by atoms with Gasteiger partial charge in [-0.05, 0) is 42.6 Å². The van der Waals surface area contributed by atoms with Crippen molar-refractivity contribution in [1.82, 2.24) is 19.7 Å². The number of ether oxygens (including phenoxy) is 1. The van der Waals surface area contributed by atoms with Crippen LogP contribution < -0.4 is 0 Å². The highest BCUT2D eigenvalue weighted by atomic mass is 32.1. The van der Waals surface area contributed by atoms with Crippen LogP contribution in [0, 0.1) is 10.2 Å². The molecule has 0 atom stereocenters. The fourth-order valence-corrected chi connectivity index (χ4v) is 2.76. The van der Waals surface area contributed by atoms with Crippen LogP contribution in [0.4, 0.5) is 0 Å². The molecule has 1 saturated heterocycles. The minimum absolute atomic E-state index is 0.198. The lowest BCUT2D eigenvalue weighted by Gasteiger charge is -2.33. The van der Waals surface area contributed by atoms with E-state index >= 15 is 0 Å². The first-order valence-electron chi connectivity index (χ1n) is 6.82. The van der Waals surface area contributed by atoms with Crippen molar-refractivity contribution < 1.29 is 4.74 Å². The number of pyridine rings is 1. The zero-order valence-electron chi connectivity index (χ0n) is 11.5.